The first kappa shape index (κ1) is 23.3. The SMILES string of the molecule is Cn1c(C2CC2)nc2c(N3CC[C@H](N)C3)c(NC(=O)c3ccc(=O)n(-c4c(F)cccc4F)n3)ccc21. The van der Waals surface area contributed by atoms with Crippen molar-refractivity contribution in [2.24, 2.45) is 12.8 Å². The second kappa shape index (κ2) is 8.77. The summed E-state index contributed by atoms with van der Waals surface area (Å²) in [6.07, 6.45) is 3.02. The standard InChI is InChI=1S/C26H25F2N7O2/c1-33-20-9-7-18(24(34-12-11-15(29)13-34)22(20)31-25(33)14-5-6-14)30-26(37)19-8-10-21(36)35(32-19)23-16(27)3-2-4-17(23)28/h2-4,7-10,14-15H,5-6,11-13,29H2,1H3,(H,30,37)/t15-/m0/s1. The Morgan fingerprint density at radius 2 is 1.81 bits per heavy atom. The van der Waals surface area contributed by atoms with Gasteiger partial charge in [-0.1, -0.05) is 6.07 Å². The first-order chi connectivity index (χ1) is 17.8. The predicted octanol–water partition coefficient (Wildman–Crippen LogP) is 3.06. The normalized spacial score (nSPS) is 17.5. The molecule has 9 nitrogen and oxygen atoms in total. The minimum Gasteiger partial charge on any atom is -0.366 e. The number of nitrogens with one attached hydrogen (secondary N) is 1. The molecule has 1 atom stereocenters. The van der Waals surface area contributed by atoms with E-state index in [2.05, 4.69) is 19.9 Å². The highest BCUT2D eigenvalue weighted by Crippen LogP contribution is 2.43. The molecule has 190 valence electrons. The van der Waals surface area contributed by atoms with Gasteiger partial charge in [-0.3, -0.25) is 9.59 Å². The molecular formula is C26H25F2N7O2. The van der Waals surface area contributed by atoms with Gasteiger partial charge in [0.25, 0.3) is 11.5 Å². The number of carbonyl (C=O) groups is 1. The third-order valence-corrected chi connectivity index (χ3v) is 6.98. The first-order valence-electron chi connectivity index (χ1n) is 12.2. The summed E-state index contributed by atoms with van der Waals surface area (Å²) >= 11 is 0. The van der Waals surface area contributed by atoms with Crippen LogP contribution in [0.4, 0.5) is 20.2 Å². The van der Waals surface area contributed by atoms with Crippen molar-refractivity contribution < 1.29 is 13.6 Å². The van der Waals surface area contributed by atoms with Gasteiger partial charge in [-0.05, 0) is 49.6 Å². The van der Waals surface area contributed by atoms with Crippen molar-refractivity contribution in [1.29, 1.82) is 0 Å². The van der Waals surface area contributed by atoms with E-state index in [1.54, 1.807) is 0 Å². The van der Waals surface area contributed by atoms with Gasteiger partial charge in [0.1, 0.15) is 22.7 Å². The van der Waals surface area contributed by atoms with Gasteiger partial charge in [-0.15, -0.1) is 0 Å². The highest BCUT2D eigenvalue weighted by molar-refractivity contribution is 6.08. The number of benzene rings is 2. The summed E-state index contributed by atoms with van der Waals surface area (Å²) in [6.45, 7) is 1.33. The number of halogens is 2. The monoisotopic (exact) mass is 505 g/mol. The number of carbonyl (C=O) groups excluding carboxylic acids is 1. The first-order valence-corrected chi connectivity index (χ1v) is 12.2. The minimum atomic E-state index is -0.966. The highest BCUT2D eigenvalue weighted by atomic mass is 19.1. The summed E-state index contributed by atoms with van der Waals surface area (Å²) in [6, 6.07) is 9.22. The van der Waals surface area contributed by atoms with E-state index in [-0.39, 0.29) is 11.7 Å². The Hall–Kier alpha value is -4.12. The van der Waals surface area contributed by atoms with Gasteiger partial charge < -0.3 is 20.5 Å². The molecule has 1 aliphatic heterocycles. The predicted molar refractivity (Wildman–Crippen MR) is 135 cm³/mol. The van der Waals surface area contributed by atoms with Gasteiger partial charge >= 0.3 is 0 Å². The van der Waals surface area contributed by atoms with Crippen molar-refractivity contribution in [1.82, 2.24) is 19.3 Å². The summed E-state index contributed by atoms with van der Waals surface area (Å²) in [5.41, 5.74) is 7.63. The van der Waals surface area contributed by atoms with Gasteiger partial charge in [0.05, 0.1) is 16.9 Å². The highest BCUT2D eigenvalue weighted by Gasteiger charge is 2.31. The summed E-state index contributed by atoms with van der Waals surface area (Å²) < 4.78 is 31.3. The van der Waals surface area contributed by atoms with Crippen LogP contribution < -0.4 is 21.5 Å². The number of hydrogen-bond acceptors (Lipinski definition) is 6. The van der Waals surface area contributed by atoms with Gasteiger partial charge in [-0.25, -0.2) is 13.8 Å². The third-order valence-electron chi connectivity index (χ3n) is 6.98. The molecule has 37 heavy (non-hydrogen) atoms. The van der Waals surface area contributed by atoms with Crippen molar-refractivity contribution in [3.8, 4) is 5.69 Å². The van der Waals surface area contributed by atoms with Gasteiger partial charge in [0.2, 0.25) is 0 Å². The second-order valence-electron chi connectivity index (χ2n) is 9.62. The number of imidazole rings is 1. The molecule has 3 N–H and O–H groups in total. The van der Waals surface area contributed by atoms with Crippen molar-refractivity contribution in [3.05, 3.63) is 76.0 Å². The molecule has 1 saturated carbocycles. The lowest BCUT2D eigenvalue weighted by Gasteiger charge is -2.22. The van der Waals surface area contributed by atoms with Crippen LogP contribution in [0.25, 0.3) is 16.7 Å². The Morgan fingerprint density at radius 1 is 1.05 bits per heavy atom. The van der Waals surface area contributed by atoms with Crippen LogP contribution >= 0.6 is 0 Å². The summed E-state index contributed by atoms with van der Waals surface area (Å²) in [5, 5.41) is 6.85. The number of anilines is 2. The lowest BCUT2D eigenvalue weighted by atomic mass is 10.2. The van der Waals surface area contributed by atoms with Gasteiger partial charge in [-0.2, -0.15) is 9.78 Å². The molecule has 11 heteroatoms. The van der Waals surface area contributed by atoms with Crippen LogP contribution in [0.3, 0.4) is 0 Å². The quantitative estimate of drug-likeness (QED) is 0.431. The number of fused-ring (bicyclic) bond motifs is 1. The number of aromatic nitrogens is 4. The van der Waals surface area contributed by atoms with Crippen molar-refractivity contribution in [3.63, 3.8) is 0 Å². The fourth-order valence-electron chi connectivity index (χ4n) is 4.95. The molecule has 0 radical (unpaired) electrons. The Balaban J connectivity index is 1.41. The minimum absolute atomic E-state index is 0.00584. The Kier molecular flexibility index (Phi) is 5.52. The topological polar surface area (TPSA) is 111 Å². The van der Waals surface area contributed by atoms with E-state index in [0.717, 1.165) is 60.0 Å². The molecule has 2 fully saturated rings. The van der Waals surface area contributed by atoms with E-state index in [4.69, 9.17) is 10.7 Å². The third kappa shape index (κ3) is 4.05. The van der Waals surface area contributed by atoms with E-state index < -0.39 is 28.8 Å². The zero-order valence-corrected chi connectivity index (χ0v) is 20.1. The number of hydrogen-bond donors (Lipinski definition) is 2. The van der Waals surface area contributed by atoms with Gasteiger partial charge in [0.15, 0.2) is 11.6 Å². The number of amides is 1. The Labute approximate surface area is 210 Å². The van der Waals surface area contributed by atoms with E-state index >= 15 is 0 Å². The van der Waals surface area contributed by atoms with Crippen LogP contribution in [0.2, 0.25) is 0 Å². The average molecular weight is 506 g/mol. The number of aryl methyl sites for hydroxylation is 1. The molecule has 2 aromatic carbocycles. The van der Waals surface area contributed by atoms with Crippen molar-refractivity contribution in [2.75, 3.05) is 23.3 Å². The maximum atomic E-state index is 14.3. The lowest BCUT2D eigenvalue weighted by Crippen LogP contribution is -2.28. The molecule has 4 aromatic rings. The molecular weight excluding hydrogens is 480 g/mol. The number of rotatable bonds is 5. The number of nitrogens with zero attached hydrogens (tertiary/aromatic N) is 5. The molecule has 1 amide bonds. The molecule has 3 heterocycles. The van der Waals surface area contributed by atoms with Crippen molar-refractivity contribution in [2.45, 2.75) is 31.2 Å². The largest absolute Gasteiger partial charge is 0.366 e. The molecule has 6 rings (SSSR count). The second-order valence-corrected chi connectivity index (χ2v) is 9.62. The van der Waals surface area contributed by atoms with Crippen LogP contribution in [0.15, 0.2) is 47.3 Å². The smallest absolute Gasteiger partial charge is 0.276 e. The van der Waals surface area contributed by atoms with E-state index in [9.17, 15) is 18.4 Å². The molecule has 1 saturated heterocycles. The fourth-order valence-corrected chi connectivity index (χ4v) is 4.95. The zero-order chi connectivity index (χ0) is 25.8. The number of para-hydroxylation sites is 1. The maximum absolute atomic E-state index is 14.3. The fraction of sp³-hybridized carbons (Fsp3) is 0.308. The Morgan fingerprint density at radius 3 is 2.49 bits per heavy atom. The van der Waals surface area contributed by atoms with Crippen LogP contribution in [0.1, 0.15) is 41.5 Å². The van der Waals surface area contributed by atoms with E-state index in [1.165, 1.54) is 12.1 Å². The molecule has 0 bridgehead atoms. The van der Waals surface area contributed by atoms with Crippen LogP contribution in [-0.4, -0.2) is 44.4 Å². The summed E-state index contributed by atoms with van der Waals surface area (Å²) in [5.74, 6) is -1.11. The maximum Gasteiger partial charge on any atom is 0.276 e. The van der Waals surface area contributed by atoms with Crippen LogP contribution in [0, 0.1) is 11.6 Å². The molecule has 2 aromatic heterocycles. The summed E-state index contributed by atoms with van der Waals surface area (Å²) in [4.78, 5) is 32.7. The molecule has 2 aliphatic rings. The number of nitrogens with two attached hydrogens (primary N) is 1. The van der Waals surface area contributed by atoms with E-state index in [0.29, 0.717) is 29.4 Å². The molecule has 1 aliphatic carbocycles. The molecule has 0 spiro atoms. The molecule has 0 unspecified atom stereocenters. The van der Waals surface area contributed by atoms with E-state index in [1.807, 2.05) is 19.2 Å². The summed E-state index contributed by atoms with van der Waals surface area (Å²) in [7, 11) is 2.00. The van der Waals surface area contributed by atoms with Gasteiger partial charge in [0, 0.05) is 38.2 Å². The zero-order valence-electron chi connectivity index (χ0n) is 20.1. The Bertz CT molecular complexity index is 1590. The van der Waals surface area contributed by atoms with Crippen molar-refractivity contribution >= 4 is 28.3 Å². The lowest BCUT2D eigenvalue weighted by molar-refractivity contribution is 0.102. The average Bonchev–Trinajstić information content (AvgIpc) is 3.54. The van der Waals surface area contributed by atoms with Crippen LogP contribution in [-0.2, 0) is 7.05 Å². The van der Waals surface area contributed by atoms with Crippen LogP contribution in [0.5, 0.6) is 0 Å².